The molecule has 9 rings (SSSR count). The molecule has 1 aliphatic heterocycles. The van der Waals surface area contributed by atoms with Gasteiger partial charge in [-0.1, -0.05) is 224 Å². The van der Waals surface area contributed by atoms with Gasteiger partial charge in [-0.3, -0.25) is 0 Å². The largest absolute Gasteiger partial charge is 0.0622 e. The molecule has 1 aliphatic rings. The third-order valence-corrected chi connectivity index (χ3v) is 17.0. The van der Waals surface area contributed by atoms with Gasteiger partial charge in [0.15, 0.2) is 0 Å². The SMILES string of the molecule is [B]1N(CP(c2ccccc2)c2ccccc2)c2ccccc2N1CP(c1ccccc1)c1ccccc1.[C-]#[O+].[Cl][Ru].c1ccc(P(c2ccccc2)c2ccccc2)cc1. The quantitative estimate of drug-likeness (QED) is 0.0559. The molecule has 0 fully saturated rings. The van der Waals surface area contributed by atoms with E-state index in [1.165, 1.54) is 48.5 Å². The summed E-state index contributed by atoms with van der Waals surface area (Å²) in [5, 5.41) is 9.82. The molecule has 0 aliphatic carbocycles. The van der Waals surface area contributed by atoms with Crippen LogP contribution in [-0.4, -0.2) is 20.1 Å². The van der Waals surface area contributed by atoms with Gasteiger partial charge in [0.2, 0.25) is 0 Å². The van der Waals surface area contributed by atoms with Crippen LogP contribution in [0.2, 0.25) is 0 Å². The predicted octanol–water partition coefficient (Wildman–Crippen LogP) is 10.1. The average Bonchev–Trinajstić information content (AvgIpc) is 3.70. The van der Waals surface area contributed by atoms with E-state index in [1.807, 2.05) is 17.3 Å². The Morgan fingerprint density at radius 2 is 0.550 bits per heavy atom. The molecule has 8 aromatic rings. The fourth-order valence-electron chi connectivity index (χ4n) is 7.01. The second-order valence-corrected chi connectivity index (χ2v) is 19.9. The minimum Gasteiger partial charge on any atom is -0.0622 e. The number of halogens is 1. The minimum absolute atomic E-state index is 0.446. The molecule has 0 saturated heterocycles. The van der Waals surface area contributed by atoms with Gasteiger partial charge in [0, 0.05) is 23.9 Å². The Hall–Kier alpha value is -4.63. The van der Waals surface area contributed by atoms with Crippen molar-refractivity contribution in [2.24, 2.45) is 0 Å². The maximum Gasteiger partial charge on any atom is -0.0134 e. The number of rotatable bonds is 11. The molecule has 296 valence electrons. The normalized spacial score (nSPS) is 11.2. The van der Waals surface area contributed by atoms with Crippen LogP contribution in [0, 0.1) is 6.65 Å². The summed E-state index contributed by atoms with van der Waals surface area (Å²) in [6.07, 6.45) is 1.90. The van der Waals surface area contributed by atoms with Gasteiger partial charge in [-0.25, -0.2) is 0 Å². The zero-order valence-electron chi connectivity index (χ0n) is 32.9. The van der Waals surface area contributed by atoms with E-state index in [4.69, 9.17) is 4.65 Å². The number of hydrogen-bond acceptors (Lipinski definition) is 2. The molecule has 8 aromatic carbocycles. The zero-order valence-corrected chi connectivity index (χ0v) is 38.1. The first-order chi connectivity index (χ1) is 29.8. The molecule has 0 unspecified atom stereocenters. The number of nitrogens with zero attached hydrogens (tertiary/aromatic N) is 2. The van der Waals surface area contributed by atoms with E-state index in [0.717, 1.165) is 12.6 Å². The summed E-state index contributed by atoms with van der Waals surface area (Å²) < 4.78 is 7.50. The maximum absolute atomic E-state index is 7.50. The van der Waals surface area contributed by atoms with Crippen LogP contribution in [-0.2, 0) is 22.0 Å². The second kappa shape index (κ2) is 24.6. The summed E-state index contributed by atoms with van der Waals surface area (Å²) in [5.41, 5.74) is 2.58. The predicted molar refractivity (Wildman–Crippen MR) is 260 cm³/mol. The van der Waals surface area contributed by atoms with Gasteiger partial charge in [0.05, 0.1) is 0 Å². The van der Waals surface area contributed by atoms with E-state index >= 15 is 0 Å². The van der Waals surface area contributed by atoms with Crippen molar-refractivity contribution < 1.29 is 22.0 Å². The van der Waals surface area contributed by atoms with Crippen molar-refractivity contribution in [1.29, 1.82) is 0 Å². The van der Waals surface area contributed by atoms with Gasteiger partial charge >= 0.3 is 45.9 Å². The third-order valence-electron chi connectivity index (χ3n) is 9.68. The third kappa shape index (κ3) is 12.0. The Labute approximate surface area is 374 Å². The van der Waals surface area contributed by atoms with Crippen molar-refractivity contribution in [3.63, 3.8) is 0 Å². The molecule has 0 N–H and O–H groups in total. The van der Waals surface area contributed by atoms with Crippen molar-refractivity contribution in [3.05, 3.63) is 243 Å². The molecule has 0 spiro atoms. The Bertz CT molecular complexity index is 2140. The number of fused-ring (bicyclic) bond motifs is 1. The fourth-order valence-corrected chi connectivity index (χ4v) is 13.8. The van der Waals surface area contributed by atoms with Gasteiger partial charge in [0.1, 0.15) is 0 Å². The summed E-state index contributed by atoms with van der Waals surface area (Å²) in [4.78, 5) is 4.95. The first-order valence-electron chi connectivity index (χ1n) is 19.3. The minimum atomic E-state index is -0.540. The standard InChI is InChI=1S/C32H28BN2P2.C18H15P.CO.ClH.Ru/c1-5-15-27(16-6-1)36(28-17-7-2-8-18-28)25-34-31-23-13-14-24-32(31)35(33-34)26-37(29-19-9-3-10-20-29)30-21-11-4-12-22-30;1-4-10-16(11-5-1)19(17-12-6-2-7-13-17)18-14-8-3-9-15-18;1-2;;/h1-24H,25-26H2;1-15H;;1H;/q;;;;+1/p-1. The van der Waals surface area contributed by atoms with Gasteiger partial charge in [0.25, 0.3) is 0 Å². The van der Waals surface area contributed by atoms with Gasteiger partial charge in [-0.15, -0.1) is 0 Å². The Morgan fingerprint density at radius 1 is 0.350 bits per heavy atom. The summed E-state index contributed by atoms with van der Waals surface area (Å²) in [6, 6.07) is 85.1. The van der Waals surface area contributed by atoms with E-state index in [2.05, 4.69) is 270 Å². The van der Waals surface area contributed by atoms with Crippen molar-refractivity contribution in [1.82, 2.24) is 0 Å². The van der Waals surface area contributed by atoms with Gasteiger partial charge < -0.3 is 9.62 Å². The van der Waals surface area contributed by atoms with Crippen LogP contribution < -0.4 is 46.8 Å². The Kier molecular flexibility index (Phi) is 18.4. The van der Waals surface area contributed by atoms with E-state index in [0.29, 0.717) is 0 Å². The topological polar surface area (TPSA) is 26.4 Å². The monoisotopic (exact) mass is 940 g/mol. The van der Waals surface area contributed by atoms with Crippen LogP contribution in [0.25, 0.3) is 0 Å². The molecule has 3 nitrogen and oxygen atoms in total. The van der Waals surface area contributed by atoms with Crippen molar-refractivity contribution in [2.45, 2.75) is 0 Å². The van der Waals surface area contributed by atoms with Crippen molar-refractivity contribution in [2.75, 3.05) is 22.2 Å². The molecule has 0 atom stereocenters. The van der Waals surface area contributed by atoms with Crippen molar-refractivity contribution in [3.8, 4) is 0 Å². The molecular formula is C51H43BClN2OP3Ru. The van der Waals surface area contributed by atoms with E-state index < -0.39 is 23.8 Å². The molecular weight excluding hydrogens is 897 g/mol. The molecule has 60 heavy (non-hydrogen) atoms. The first kappa shape index (κ1) is 44.9. The molecule has 0 bridgehead atoms. The van der Waals surface area contributed by atoms with Crippen molar-refractivity contribution >= 4 is 89.5 Å². The van der Waals surface area contributed by atoms with Crippen LogP contribution in [0.3, 0.4) is 0 Å². The van der Waals surface area contributed by atoms with Gasteiger partial charge in [-0.2, -0.15) is 0 Å². The van der Waals surface area contributed by atoms with Crippen LogP contribution in [0.5, 0.6) is 0 Å². The fraction of sp³-hybridized carbons (Fsp3) is 0.0392. The van der Waals surface area contributed by atoms with E-state index in [-0.39, 0.29) is 0 Å². The number of para-hydroxylation sites is 2. The average molecular weight is 940 g/mol. The first-order valence-corrected chi connectivity index (χ1v) is 26.0. The number of anilines is 2. The van der Waals surface area contributed by atoms with Crippen LogP contribution in [0.15, 0.2) is 237 Å². The Balaban J connectivity index is 0.000000220. The molecule has 0 amide bonds. The van der Waals surface area contributed by atoms with Crippen LogP contribution >= 0.6 is 33.5 Å². The molecule has 1 radical (unpaired) electrons. The number of benzene rings is 8. The summed E-state index contributed by atoms with van der Waals surface area (Å²) in [7, 11) is 5.40. The van der Waals surface area contributed by atoms with E-state index in [1.54, 1.807) is 0 Å². The maximum atomic E-state index is 7.50. The summed E-state index contributed by atoms with van der Waals surface area (Å²) >= 11 is 1.82. The van der Waals surface area contributed by atoms with Gasteiger partial charge in [-0.05, 0) is 73.0 Å². The Morgan fingerprint density at radius 3 is 0.783 bits per heavy atom. The van der Waals surface area contributed by atoms with Crippen LogP contribution in [0.4, 0.5) is 11.4 Å². The van der Waals surface area contributed by atoms with Crippen LogP contribution in [0.1, 0.15) is 0 Å². The molecule has 0 saturated carbocycles. The van der Waals surface area contributed by atoms with E-state index in [9.17, 15) is 0 Å². The summed E-state index contributed by atoms with van der Waals surface area (Å²) in [5.74, 6) is 0. The molecule has 9 heteroatoms. The number of hydrogen-bond donors (Lipinski definition) is 0. The molecule has 0 aromatic heterocycles. The smallest absolute Gasteiger partial charge is 0.0134 e. The zero-order chi connectivity index (χ0) is 41.8. The second-order valence-electron chi connectivity index (χ2n) is 13.4. The molecule has 1 heterocycles. The summed E-state index contributed by atoms with van der Waals surface area (Å²) in [6.45, 7) is 4.50.